The molecule has 5 nitrogen and oxygen atoms in total. The second-order valence-corrected chi connectivity index (χ2v) is 9.94. The molecule has 2 aromatic rings. The van der Waals surface area contributed by atoms with Crippen LogP contribution in [0.3, 0.4) is 0 Å². The summed E-state index contributed by atoms with van der Waals surface area (Å²) in [7, 11) is 0. The summed E-state index contributed by atoms with van der Waals surface area (Å²) in [6.45, 7) is 6.07. The van der Waals surface area contributed by atoms with E-state index in [2.05, 4.69) is 4.98 Å². The molecule has 0 radical (unpaired) electrons. The number of likely N-dealkylation sites (tertiary alicyclic amines) is 1. The molecule has 1 aromatic carbocycles. The molecule has 1 aliphatic heterocycles. The topological polar surface area (TPSA) is 59.5 Å². The van der Waals surface area contributed by atoms with E-state index >= 15 is 0 Å². The van der Waals surface area contributed by atoms with Crippen molar-refractivity contribution in [2.75, 3.05) is 0 Å². The molecule has 1 aliphatic rings. The number of amides is 1. The van der Waals surface area contributed by atoms with Crippen molar-refractivity contribution in [2.24, 2.45) is 0 Å². The molecular formula is C24H23ClF6N2O3. The minimum Gasteiger partial charge on any atom is -0.444 e. The van der Waals surface area contributed by atoms with Gasteiger partial charge >= 0.3 is 18.4 Å². The molecule has 2 atom stereocenters. The van der Waals surface area contributed by atoms with Crippen molar-refractivity contribution in [3.8, 4) is 0 Å². The zero-order valence-electron chi connectivity index (χ0n) is 19.7. The number of carbonyl (C=O) groups excluding carboxylic acids is 2. The Morgan fingerprint density at radius 1 is 1.00 bits per heavy atom. The van der Waals surface area contributed by atoms with Crippen LogP contribution in [-0.2, 0) is 17.1 Å². The van der Waals surface area contributed by atoms with Gasteiger partial charge in [0, 0.05) is 11.8 Å². The van der Waals surface area contributed by atoms with Crippen molar-refractivity contribution in [3.05, 3.63) is 63.4 Å². The molecule has 0 bridgehead atoms. The summed E-state index contributed by atoms with van der Waals surface area (Å²) in [4.78, 5) is 30.8. The fourth-order valence-electron chi connectivity index (χ4n) is 4.09. The highest BCUT2D eigenvalue weighted by molar-refractivity contribution is 6.31. The van der Waals surface area contributed by atoms with E-state index in [9.17, 15) is 35.9 Å². The van der Waals surface area contributed by atoms with Gasteiger partial charge < -0.3 is 4.74 Å². The number of pyridine rings is 1. The third-order valence-electron chi connectivity index (χ3n) is 5.52. The number of ketones is 1. The molecule has 0 aliphatic carbocycles. The van der Waals surface area contributed by atoms with Crippen LogP contribution in [0.2, 0.25) is 5.02 Å². The van der Waals surface area contributed by atoms with Crippen LogP contribution in [0.1, 0.15) is 72.4 Å². The Kier molecular flexibility index (Phi) is 7.38. The minimum atomic E-state index is -4.79. The van der Waals surface area contributed by atoms with Gasteiger partial charge in [-0.2, -0.15) is 26.3 Å². The Morgan fingerprint density at radius 2 is 1.64 bits per heavy atom. The number of halogens is 7. The Balaban J connectivity index is 2.09. The van der Waals surface area contributed by atoms with E-state index in [0.29, 0.717) is 12.1 Å². The molecule has 36 heavy (non-hydrogen) atoms. The predicted molar refractivity (Wildman–Crippen MR) is 119 cm³/mol. The molecule has 196 valence electrons. The smallest absolute Gasteiger partial charge is 0.433 e. The van der Waals surface area contributed by atoms with Gasteiger partial charge in [0.1, 0.15) is 11.3 Å². The first-order valence-corrected chi connectivity index (χ1v) is 11.2. The van der Waals surface area contributed by atoms with Gasteiger partial charge in [0.15, 0.2) is 5.78 Å². The average Bonchev–Trinajstić information content (AvgIpc) is 3.15. The number of aromatic nitrogens is 1. The van der Waals surface area contributed by atoms with Crippen LogP contribution in [-0.4, -0.2) is 33.4 Å². The summed E-state index contributed by atoms with van der Waals surface area (Å²) >= 11 is 6.15. The number of aryl methyl sites for hydroxylation is 1. The first-order chi connectivity index (χ1) is 16.4. The molecular weight excluding hydrogens is 514 g/mol. The van der Waals surface area contributed by atoms with Gasteiger partial charge in [0.05, 0.1) is 22.7 Å². The lowest BCUT2D eigenvalue weighted by atomic mass is 9.98. The van der Waals surface area contributed by atoms with Crippen molar-refractivity contribution in [1.82, 2.24) is 9.88 Å². The molecule has 2 heterocycles. The van der Waals surface area contributed by atoms with Crippen LogP contribution < -0.4 is 0 Å². The minimum absolute atomic E-state index is 0.0224. The van der Waals surface area contributed by atoms with Gasteiger partial charge in [-0.3, -0.25) is 14.7 Å². The number of alkyl halides is 6. The maximum Gasteiger partial charge on any atom is 0.433 e. The fraction of sp³-hybridized carbons (Fsp3) is 0.458. The molecule has 0 unspecified atom stereocenters. The zero-order valence-corrected chi connectivity index (χ0v) is 20.5. The summed E-state index contributed by atoms with van der Waals surface area (Å²) in [5.74, 6) is -0.793. The van der Waals surface area contributed by atoms with E-state index in [1.807, 2.05) is 0 Å². The molecule has 0 saturated carbocycles. The number of benzene rings is 1. The van der Waals surface area contributed by atoms with Crippen molar-refractivity contribution >= 4 is 23.5 Å². The molecule has 12 heteroatoms. The summed E-state index contributed by atoms with van der Waals surface area (Å²) < 4.78 is 85.3. The van der Waals surface area contributed by atoms with E-state index in [4.69, 9.17) is 16.3 Å². The highest BCUT2D eigenvalue weighted by Crippen LogP contribution is 2.43. The lowest BCUT2D eigenvalue weighted by Gasteiger charge is -2.32. The van der Waals surface area contributed by atoms with Gasteiger partial charge in [-0.25, -0.2) is 4.79 Å². The molecule has 3 rings (SSSR count). The van der Waals surface area contributed by atoms with E-state index in [1.165, 1.54) is 13.0 Å². The lowest BCUT2D eigenvalue weighted by molar-refractivity contribution is -0.141. The summed E-state index contributed by atoms with van der Waals surface area (Å²) in [5, 5.41) is -0.162. The molecule has 1 fully saturated rings. The second kappa shape index (κ2) is 9.57. The SMILES string of the molecule is Cc1cc(C(=O)[C@@H]2CC[C@@H](c3cc(C(F)(F)F)ncc3Cl)N2C(=O)OC(C)(C)C)cc(C(F)(F)F)c1. The van der Waals surface area contributed by atoms with E-state index in [-0.39, 0.29) is 34.6 Å². The number of ether oxygens (including phenoxy) is 1. The van der Waals surface area contributed by atoms with Gasteiger partial charge in [0.2, 0.25) is 0 Å². The largest absolute Gasteiger partial charge is 0.444 e. The fourth-order valence-corrected chi connectivity index (χ4v) is 4.32. The zero-order chi connectivity index (χ0) is 27.2. The van der Waals surface area contributed by atoms with Crippen LogP contribution in [0.5, 0.6) is 0 Å². The van der Waals surface area contributed by atoms with E-state index in [0.717, 1.165) is 17.2 Å². The molecule has 1 amide bonds. The predicted octanol–water partition coefficient (Wildman–Crippen LogP) is 7.40. The van der Waals surface area contributed by atoms with E-state index < -0.39 is 53.2 Å². The maximum absolute atomic E-state index is 13.4. The van der Waals surface area contributed by atoms with Gasteiger partial charge in [-0.05, 0) is 75.9 Å². The van der Waals surface area contributed by atoms with Gasteiger partial charge in [-0.15, -0.1) is 0 Å². The van der Waals surface area contributed by atoms with Gasteiger partial charge in [-0.1, -0.05) is 11.6 Å². The molecule has 1 aromatic heterocycles. The molecule has 0 N–H and O–H groups in total. The number of hydrogen-bond acceptors (Lipinski definition) is 4. The summed E-state index contributed by atoms with van der Waals surface area (Å²) in [6, 6.07) is 1.15. The van der Waals surface area contributed by atoms with Gasteiger partial charge in [0.25, 0.3) is 0 Å². The van der Waals surface area contributed by atoms with Crippen molar-refractivity contribution in [3.63, 3.8) is 0 Å². The van der Waals surface area contributed by atoms with Crippen LogP contribution in [0.15, 0.2) is 30.5 Å². The Labute approximate surface area is 208 Å². The lowest BCUT2D eigenvalue weighted by Crippen LogP contribution is -2.44. The standard InChI is InChI=1S/C24H23ClF6N2O3/c1-12-7-13(9-14(8-12)23(26,27)28)20(34)18-6-5-17(33(18)21(35)36-22(2,3)4)15-10-19(24(29,30)31)32-11-16(15)25/h7-11,17-18H,5-6H2,1-4H3/t17-,18-/m0/s1. The Morgan fingerprint density at radius 3 is 2.19 bits per heavy atom. The van der Waals surface area contributed by atoms with Crippen LogP contribution in [0.25, 0.3) is 0 Å². The van der Waals surface area contributed by atoms with E-state index in [1.54, 1.807) is 20.8 Å². The van der Waals surface area contributed by atoms with Crippen molar-refractivity contribution in [1.29, 1.82) is 0 Å². The summed E-state index contributed by atoms with van der Waals surface area (Å²) in [5.41, 5.74) is -3.49. The molecule has 0 spiro atoms. The van der Waals surface area contributed by atoms with Crippen LogP contribution in [0.4, 0.5) is 31.1 Å². The Hall–Kier alpha value is -2.82. The first kappa shape index (κ1) is 27.8. The highest BCUT2D eigenvalue weighted by atomic mass is 35.5. The average molecular weight is 537 g/mol. The Bertz CT molecular complexity index is 1170. The third kappa shape index (κ3) is 6.11. The normalized spacial score (nSPS) is 18.9. The maximum atomic E-state index is 13.4. The highest BCUT2D eigenvalue weighted by Gasteiger charge is 2.45. The number of hydrogen-bond donors (Lipinski definition) is 0. The molecule has 1 saturated heterocycles. The number of carbonyl (C=O) groups is 2. The summed E-state index contributed by atoms with van der Waals surface area (Å²) in [6.07, 6.45) is -9.71. The number of nitrogens with zero attached hydrogens (tertiary/aromatic N) is 2. The quantitative estimate of drug-likeness (QED) is 0.303. The van der Waals surface area contributed by atoms with Crippen molar-refractivity contribution in [2.45, 2.75) is 70.6 Å². The number of Topliss-reactive ketones (excluding diaryl/α,β-unsaturated/α-hetero) is 1. The number of rotatable bonds is 3. The first-order valence-electron chi connectivity index (χ1n) is 10.9. The van der Waals surface area contributed by atoms with Crippen LogP contribution >= 0.6 is 11.6 Å². The third-order valence-corrected chi connectivity index (χ3v) is 5.83. The van der Waals surface area contributed by atoms with Crippen molar-refractivity contribution < 1.29 is 40.7 Å². The van der Waals surface area contributed by atoms with Crippen LogP contribution in [0, 0.1) is 6.92 Å². The second-order valence-electron chi connectivity index (χ2n) is 9.54. The monoisotopic (exact) mass is 536 g/mol.